The molecule has 1 saturated carbocycles. The lowest BCUT2D eigenvalue weighted by Crippen LogP contribution is -2.49. The maximum atomic E-state index is 13.2. The Hall–Kier alpha value is -3.49. The Kier molecular flexibility index (Phi) is 4.42. The number of carbonyl (C=O) groups is 2. The predicted octanol–water partition coefficient (Wildman–Crippen LogP) is 1.83. The fourth-order valence-electron chi connectivity index (χ4n) is 4.69. The number of anilines is 1. The van der Waals surface area contributed by atoms with Crippen molar-refractivity contribution in [1.82, 2.24) is 25.1 Å². The first kappa shape index (κ1) is 19.5. The second-order valence-electron chi connectivity index (χ2n) is 8.40. The third-order valence-corrected chi connectivity index (χ3v) is 6.55. The van der Waals surface area contributed by atoms with Crippen LogP contribution in [0.3, 0.4) is 0 Å². The summed E-state index contributed by atoms with van der Waals surface area (Å²) in [6, 6.07) is 9.01. The molecule has 1 aromatic carbocycles. The molecule has 3 aromatic rings. The number of benzene rings is 1. The third kappa shape index (κ3) is 3.11. The van der Waals surface area contributed by atoms with Crippen molar-refractivity contribution in [2.24, 2.45) is 18.9 Å². The second kappa shape index (κ2) is 7.04. The van der Waals surface area contributed by atoms with Gasteiger partial charge in [-0.3, -0.25) is 14.5 Å². The number of carbonyl (C=O) groups excluding carboxylic acids is 2. The molecule has 2 unspecified atom stereocenters. The van der Waals surface area contributed by atoms with Crippen LogP contribution in [0.1, 0.15) is 46.5 Å². The van der Waals surface area contributed by atoms with Crippen molar-refractivity contribution in [2.75, 3.05) is 11.9 Å². The average Bonchev–Trinajstić information content (AvgIpc) is 3.09. The van der Waals surface area contributed by atoms with Crippen molar-refractivity contribution >= 4 is 17.6 Å². The summed E-state index contributed by atoms with van der Waals surface area (Å²) in [6.45, 7) is 4.03. The Balaban J connectivity index is 1.36. The highest BCUT2D eigenvalue weighted by Gasteiger charge is 2.59. The second-order valence-corrected chi connectivity index (χ2v) is 8.40. The molecule has 5 rings (SSSR count). The standard InChI is InChI=1S/C22H24N6O3/c1-11-15-16(11)18-19(23-12(2)27(18)3)28(4)22(30)17(15)24-20(29)21-26-25-14(31-21)10-13-8-6-5-7-9-13/h5-9,11,15-17H,10H2,1-4H3,(H,24,29)/t11-,15?,16?,17+/m1/s1. The summed E-state index contributed by atoms with van der Waals surface area (Å²) < 4.78 is 7.61. The summed E-state index contributed by atoms with van der Waals surface area (Å²) in [5.74, 6) is 1.45. The number of hydrogen-bond donors (Lipinski definition) is 1. The van der Waals surface area contributed by atoms with Gasteiger partial charge >= 0.3 is 11.8 Å². The van der Waals surface area contributed by atoms with Gasteiger partial charge in [0.1, 0.15) is 11.9 Å². The first-order valence-corrected chi connectivity index (χ1v) is 10.3. The number of imidazole rings is 1. The zero-order valence-corrected chi connectivity index (χ0v) is 17.9. The van der Waals surface area contributed by atoms with Gasteiger partial charge in [-0.2, -0.15) is 0 Å². The highest BCUT2D eigenvalue weighted by molar-refractivity contribution is 6.02. The van der Waals surface area contributed by atoms with E-state index in [0.29, 0.717) is 18.1 Å². The van der Waals surface area contributed by atoms with Crippen LogP contribution in [-0.2, 0) is 18.3 Å². The van der Waals surface area contributed by atoms with Crippen molar-refractivity contribution in [2.45, 2.75) is 32.2 Å². The molecule has 2 aromatic heterocycles. The molecule has 9 nitrogen and oxygen atoms in total. The van der Waals surface area contributed by atoms with E-state index in [-0.39, 0.29) is 29.6 Å². The van der Waals surface area contributed by atoms with Gasteiger partial charge in [0.25, 0.3) is 5.91 Å². The number of aromatic nitrogens is 4. The van der Waals surface area contributed by atoms with Crippen molar-refractivity contribution in [3.63, 3.8) is 0 Å². The Morgan fingerprint density at radius 2 is 1.94 bits per heavy atom. The van der Waals surface area contributed by atoms with E-state index >= 15 is 0 Å². The molecule has 4 atom stereocenters. The molecule has 0 saturated heterocycles. The van der Waals surface area contributed by atoms with Gasteiger partial charge < -0.3 is 14.3 Å². The van der Waals surface area contributed by atoms with Gasteiger partial charge in [0.2, 0.25) is 5.89 Å². The molecule has 2 amide bonds. The van der Waals surface area contributed by atoms with E-state index in [4.69, 9.17) is 4.42 Å². The summed E-state index contributed by atoms with van der Waals surface area (Å²) in [7, 11) is 3.67. The monoisotopic (exact) mass is 420 g/mol. The zero-order chi connectivity index (χ0) is 21.9. The lowest BCUT2D eigenvalue weighted by atomic mass is 10.1. The van der Waals surface area contributed by atoms with Gasteiger partial charge in [-0.15, -0.1) is 10.2 Å². The van der Waals surface area contributed by atoms with E-state index in [0.717, 1.165) is 17.1 Å². The Morgan fingerprint density at radius 1 is 1.19 bits per heavy atom. The largest absolute Gasteiger partial charge is 0.417 e. The molecule has 1 fully saturated rings. The van der Waals surface area contributed by atoms with Crippen LogP contribution < -0.4 is 10.2 Å². The number of amides is 2. The number of rotatable bonds is 4. The molecular formula is C22H24N6O3. The summed E-state index contributed by atoms with van der Waals surface area (Å²) >= 11 is 0. The van der Waals surface area contributed by atoms with Gasteiger partial charge in [-0.25, -0.2) is 4.98 Å². The molecule has 0 spiro atoms. The molecule has 1 N–H and O–H groups in total. The Labute approximate surface area is 179 Å². The number of hydrogen-bond acceptors (Lipinski definition) is 6. The molecule has 0 radical (unpaired) electrons. The molecule has 3 heterocycles. The summed E-state index contributed by atoms with van der Waals surface area (Å²) in [5, 5.41) is 10.7. The predicted molar refractivity (Wildman–Crippen MR) is 112 cm³/mol. The first-order valence-electron chi connectivity index (χ1n) is 10.3. The molecule has 0 bridgehead atoms. The van der Waals surface area contributed by atoms with E-state index in [2.05, 4.69) is 27.4 Å². The molecule has 9 heteroatoms. The fourth-order valence-corrected chi connectivity index (χ4v) is 4.69. The minimum atomic E-state index is -0.670. The van der Waals surface area contributed by atoms with Gasteiger partial charge in [-0.1, -0.05) is 37.3 Å². The molecule has 31 heavy (non-hydrogen) atoms. The normalized spacial score (nSPS) is 24.4. The summed E-state index contributed by atoms with van der Waals surface area (Å²) in [6.07, 6.45) is 0.439. The zero-order valence-electron chi connectivity index (χ0n) is 17.9. The number of aryl methyl sites for hydroxylation is 1. The van der Waals surface area contributed by atoms with E-state index < -0.39 is 11.9 Å². The molecule has 1 aliphatic carbocycles. The highest BCUT2D eigenvalue weighted by Crippen LogP contribution is 2.59. The lowest BCUT2D eigenvalue weighted by molar-refractivity contribution is -0.120. The number of fused-ring (bicyclic) bond motifs is 3. The number of likely N-dealkylation sites (N-methyl/N-ethyl adjacent to an activating group) is 1. The molecule has 1 aliphatic heterocycles. The molecule has 2 aliphatic rings. The topological polar surface area (TPSA) is 106 Å². The van der Waals surface area contributed by atoms with E-state index in [9.17, 15) is 9.59 Å². The number of nitrogens with zero attached hydrogens (tertiary/aromatic N) is 5. The highest BCUT2D eigenvalue weighted by atomic mass is 16.4. The maximum absolute atomic E-state index is 13.2. The lowest BCUT2D eigenvalue weighted by Gasteiger charge is -2.22. The average molecular weight is 420 g/mol. The van der Waals surface area contributed by atoms with Crippen molar-refractivity contribution in [3.05, 3.63) is 59.2 Å². The summed E-state index contributed by atoms with van der Waals surface area (Å²) in [4.78, 5) is 32.2. The van der Waals surface area contributed by atoms with Gasteiger partial charge in [0.15, 0.2) is 5.82 Å². The Morgan fingerprint density at radius 3 is 2.68 bits per heavy atom. The minimum absolute atomic E-state index is 0.00154. The van der Waals surface area contributed by atoms with Crippen molar-refractivity contribution in [1.29, 1.82) is 0 Å². The Bertz CT molecular complexity index is 1170. The van der Waals surface area contributed by atoms with Crippen molar-refractivity contribution < 1.29 is 14.0 Å². The van der Waals surface area contributed by atoms with E-state index in [1.54, 1.807) is 11.9 Å². The van der Waals surface area contributed by atoms with Gasteiger partial charge in [0, 0.05) is 25.9 Å². The molecular weight excluding hydrogens is 396 g/mol. The smallest absolute Gasteiger partial charge is 0.309 e. The van der Waals surface area contributed by atoms with Crippen LogP contribution in [0.15, 0.2) is 34.7 Å². The van der Waals surface area contributed by atoms with Crippen LogP contribution in [0.25, 0.3) is 0 Å². The van der Waals surface area contributed by atoms with E-state index in [1.165, 1.54) is 0 Å². The SMILES string of the molecule is Cc1nc2c(n1C)C1C([C@H]1C)[C@H](NC(=O)c1nnc(Cc3ccccc3)o1)C(=O)N2C. The van der Waals surface area contributed by atoms with Crippen LogP contribution in [0.5, 0.6) is 0 Å². The first-order chi connectivity index (χ1) is 14.9. The van der Waals surface area contributed by atoms with Gasteiger partial charge in [-0.05, 0) is 18.4 Å². The van der Waals surface area contributed by atoms with Gasteiger partial charge in [0.05, 0.1) is 12.1 Å². The van der Waals surface area contributed by atoms with Crippen molar-refractivity contribution in [3.8, 4) is 0 Å². The van der Waals surface area contributed by atoms with Crippen LogP contribution in [0.4, 0.5) is 5.82 Å². The van der Waals surface area contributed by atoms with Crippen LogP contribution in [-0.4, -0.2) is 44.7 Å². The quantitative estimate of drug-likeness (QED) is 0.690. The number of nitrogens with one attached hydrogen (secondary N) is 1. The van der Waals surface area contributed by atoms with Crippen LogP contribution in [0, 0.1) is 18.8 Å². The third-order valence-electron chi connectivity index (χ3n) is 6.55. The molecule has 160 valence electrons. The summed E-state index contributed by atoms with van der Waals surface area (Å²) in [5.41, 5.74) is 2.06. The maximum Gasteiger partial charge on any atom is 0.309 e. The fraction of sp³-hybridized carbons (Fsp3) is 0.409. The van der Waals surface area contributed by atoms with Crippen LogP contribution >= 0.6 is 0 Å². The minimum Gasteiger partial charge on any atom is -0.417 e. The van der Waals surface area contributed by atoms with E-state index in [1.807, 2.05) is 48.9 Å². The van der Waals surface area contributed by atoms with Crippen LogP contribution in [0.2, 0.25) is 0 Å².